The standard InChI is InChI=1S/C13H7Cl2IN2O/c1-5-2-8(16)11-12(13(5)19)18-10-4-7(15)6(14)3-9(10)17-11/h2-4,19H,1H3. The van der Waals surface area contributed by atoms with Gasteiger partial charge >= 0.3 is 0 Å². The minimum absolute atomic E-state index is 0.149. The van der Waals surface area contributed by atoms with Gasteiger partial charge in [-0.2, -0.15) is 0 Å². The molecule has 19 heavy (non-hydrogen) atoms. The molecule has 1 aromatic heterocycles. The highest BCUT2D eigenvalue weighted by atomic mass is 127. The van der Waals surface area contributed by atoms with Crippen molar-refractivity contribution < 1.29 is 5.11 Å². The van der Waals surface area contributed by atoms with E-state index in [1.807, 2.05) is 13.0 Å². The quantitative estimate of drug-likeness (QED) is 0.436. The molecule has 6 heteroatoms. The molecular weight excluding hydrogens is 398 g/mol. The van der Waals surface area contributed by atoms with Crippen molar-refractivity contribution in [3.05, 3.63) is 37.4 Å². The van der Waals surface area contributed by atoms with Gasteiger partial charge in [0.25, 0.3) is 0 Å². The number of halogens is 3. The van der Waals surface area contributed by atoms with Crippen molar-refractivity contribution in [2.45, 2.75) is 6.92 Å². The molecule has 0 radical (unpaired) electrons. The monoisotopic (exact) mass is 404 g/mol. The number of rotatable bonds is 0. The first-order chi connectivity index (χ1) is 8.97. The average Bonchev–Trinajstić information content (AvgIpc) is 2.36. The lowest BCUT2D eigenvalue weighted by Crippen LogP contribution is -1.92. The topological polar surface area (TPSA) is 46.0 Å². The summed E-state index contributed by atoms with van der Waals surface area (Å²) >= 11 is 14.1. The molecule has 3 aromatic rings. The molecule has 1 heterocycles. The SMILES string of the molecule is Cc1cc(I)c2nc3cc(Cl)c(Cl)cc3nc2c1O. The second-order valence-electron chi connectivity index (χ2n) is 4.20. The Kier molecular flexibility index (Phi) is 3.19. The van der Waals surface area contributed by atoms with E-state index in [0.29, 0.717) is 32.1 Å². The summed E-state index contributed by atoms with van der Waals surface area (Å²) in [6.07, 6.45) is 0. The molecule has 0 unspecified atom stereocenters. The highest BCUT2D eigenvalue weighted by Crippen LogP contribution is 2.33. The highest BCUT2D eigenvalue weighted by molar-refractivity contribution is 14.1. The molecule has 0 saturated carbocycles. The van der Waals surface area contributed by atoms with Gasteiger partial charge in [-0.1, -0.05) is 23.2 Å². The predicted octanol–water partition coefficient (Wildman–Crippen LogP) is 4.71. The Morgan fingerprint density at radius 2 is 1.53 bits per heavy atom. The van der Waals surface area contributed by atoms with Crippen molar-refractivity contribution in [2.24, 2.45) is 0 Å². The number of hydrogen-bond acceptors (Lipinski definition) is 3. The lowest BCUT2D eigenvalue weighted by molar-refractivity contribution is 0.476. The van der Waals surface area contributed by atoms with Gasteiger partial charge in [-0.3, -0.25) is 0 Å². The first-order valence-electron chi connectivity index (χ1n) is 5.42. The fourth-order valence-corrected chi connectivity index (χ4v) is 3.06. The van der Waals surface area contributed by atoms with Gasteiger partial charge < -0.3 is 5.11 Å². The van der Waals surface area contributed by atoms with Crippen LogP contribution in [0.1, 0.15) is 5.56 Å². The van der Waals surface area contributed by atoms with Crippen LogP contribution < -0.4 is 0 Å². The second-order valence-corrected chi connectivity index (χ2v) is 6.18. The summed E-state index contributed by atoms with van der Waals surface area (Å²) in [4.78, 5) is 8.95. The van der Waals surface area contributed by atoms with Crippen molar-refractivity contribution in [3.8, 4) is 5.75 Å². The summed E-state index contributed by atoms with van der Waals surface area (Å²) in [5.41, 5.74) is 3.18. The van der Waals surface area contributed by atoms with Crippen molar-refractivity contribution in [2.75, 3.05) is 0 Å². The Balaban J connectivity index is 2.52. The van der Waals surface area contributed by atoms with Gasteiger partial charge in [-0.25, -0.2) is 9.97 Å². The normalized spacial score (nSPS) is 11.4. The maximum atomic E-state index is 10.1. The van der Waals surface area contributed by atoms with Gasteiger partial charge in [0.1, 0.15) is 16.8 Å². The zero-order chi connectivity index (χ0) is 13.7. The highest BCUT2D eigenvalue weighted by Gasteiger charge is 2.13. The third kappa shape index (κ3) is 2.11. The Morgan fingerprint density at radius 3 is 2.11 bits per heavy atom. The number of phenolic OH excluding ortho intramolecular Hbond substituents is 1. The first kappa shape index (κ1) is 13.1. The van der Waals surface area contributed by atoms with E-state index in [9.17, 15) is 5.11 Å². The molecule has 0 bridgehead atoms. The number of aryl methyl sites for hydroxylation is 1. The maximum Gasteiger partial charge on any atom is 0.146 e. The van der Waals surface area contributed by atoms with Crippen molar-refractivity contribution in [1.29, 1.82) is 0 Å². The Bertz CT molecular complexity index is 836. The molecular formula is C13H7Cl2IN2O. The van der Waals surface area contributed by atoms with Crippen LogP contribution in [0.4, 0.5) is 0 Å². The van der Waals surface area contributed by atoms with E-state index >= 15 is 0 Å². The minimum atomic E-state index is 0.149. The van der Waals surface area contributed by atoms with Gasteiger partial charge in [0, 0.05) is 3.57 Å². The second kappa shape index (κ2) is 4.61. The van der Waals surface area contributed by atoms with Crippen LogP contribution in [0.25, 0.3) is 22.1 Å². The third-order valence-corrected chi connectivity index (χ3v) is 4.42. The molecule has 96 valence electrons. The summed E-state index contributed by atoms with van der Waals surface area (Å²) in [7, 11) is 0. The number of hydrogen-bond donors (Lipinski definition) is 1. The molecule has 2 aromatic carbocycles. The minimum Gasteiger partial charge on any atom is -0.505 e. The van der Waals surface area contributed by atoms with Crippen molar-refractivity contribution in [3.63, 3.8) is 0 Å². The van der Waals surface area contributed by atoms with Crippen LogP contribution in [0.5, 0.6) is 5.75 Å². The summed E-state index contributed by atoms with van der Waals surface area (Å²) in [5, 5.41) is 11.0. The molecule has 0 aliphatic carbocycles. The molecule has 0 saturated heterocycles. The van der Waals surface area contributed by atoms with E-state index in [1.54, 1.807) is 12.1 Å². The molecule has 0 amide bonds. The van der Waals surface area contributed by atoms with E-state index < -0.39 is 0 Å². The number of phenols is 1. The summed E-state index contributed by atoms with van der Waals surface area (Å²) in [6, 6.07) is 5.20. The van der Waals surface area contributed by atoms with Crippen LogP contribution in [0, 0.1) is 10.5 Å². The summed E-state index contributed by atoms with van der Waals surface area (Å²) in [6.45, 7) is 1.83. The molecule has 1 N–H and O–H groups in total. The van der Waals surface area contributed by atoms with Crippen LogP contribution in [0.2, 0.25) is 10.0 Å². The average molecular weight is 405 g/mol. The summed E-state index contributed by atoms with van der Waals surface area (Å²) < 4.78 is 0.934. The number of fused-ring (bicyclic) bond motifs is 2. The third-order valence-electron chi connectivity index (χ3n) is 2.87. The van der Waals surface area contributed by atoms with E-state index in [-0.39, 0.29) is 5.75 Å². The number of benzene rings is 2. The largest absolute Gasteiger partial charge is 0.505 e. The molecule has 3 rings (SSSR count). The van der Waals surface area contributed by atoms with Crippen molar-refractivity contribution in [1.82, 2.24) is 9.97 Å². The lowest BCUT2D eigenvalue weighted by Gasteiger charge is -2.08. The van der Waals surface area contributed by atoms with E-state index in [0.717, 1.165) is 9.13 Å². The number of nitrogens with zero attached hydrogens (tertiary/aromatic N) is 2. The van der Waals surface area contributed by atoms with Gasteiger partial charge in [0.15, 0.2) is 0 Å². The number of aromatic hydroxyl groups is 1. The van der Waals surface area contributed by atoms with Gasteiger partial charge in [-0.05, 0) is 53.3 Å². The molecule has 0 fully saturated rings. The molecule has 0 aliphatic heterocycles. The van der Waals surface area contributed by atoms with Crippen molar-refractivity contribution >= 4 is 67.9 Å². The summed E-state index contributed by atoms with van der Waals surface area (Å²) in [5.74, 6) is 0.149. The molecule has 0 atom stereocenters. The van der Waals surface area contributed by atoms with Gasteiger partial charge in [-0.15, -0.1) is 0 Å². The Labute approximate surface area is 132 Å². The van der Waals surface area contributed by atoms with Crippen LogP contribution in [-0.4, -0.2) is 15.1 Å². The van der Waals surface area contributed by atoms with Gasteiger partial charge in [0.05, 0.1) is 21.1 Å². The fraction of sp³-hybridized carbons (Fsp3) is 0.0769. The fourth-order valence-electron chi connectivity index (χ4n) is 1.90. The Hall–Kier alpha value is -0.850. The van der Waals surface area contributed by atoms with Crippen LogP contribution in [-0.2, 0) is 0 Å². The molecule has 0 aliphatic rings. The predicted molar refractivity (Wildman–Crippen MR) is 86.2 cm³/mol. The van der Waals surface area contributed by atoms with E-state index in [2.05, 4.69) is 32.6 Å². The van der Waals surface area contributed by atoms with E-state index in [4.69, 9.17) is 23.2 Å². The molecule has 3 nitrogen and oxygen atoms in total. The zero-order valence-electron chi connectivity index (χ0n) is 9.71. The van der Waals surface area contributed by atoms with Crippen LogP contribution in [0.3, 0.4) is 0 Å². The maximum absolute atomic E-state index is 10.1. The smallest absolute Gasteiger partial charge is 0.146 e. The van der Waals surface area contributed by atoms with Gasteiger partial charge in [0.2, 0.25) is 0 Å². The first-order valence-corrected chi connectivity index (χ1v) is 7.25. The molecule has 0 spiro atoms. The Morgan fingerprint density at radius 1 is 1.00 bits per heavy atom. The van der Waals surface area contributed by atoms with Crippen LogP contribution >= 0.6 is 45.8 Å². The number of aromatic nitrogens is 2. The zero-order valence-corrected chi connectivity index (χ0v) is 13.4. The lowest BCUT2D eigenvalue weighted by atomic mass is 10.1. The van der Waals surface area contributed by atoms with E-state index in [1.165, 1.54) is 0 Å². The van der Waals surface area contributed by atoms with Crippen LogP contribution in [0.15, 0.2) is 18.2 Å².